The summed E-state index contributed by atoms with van der Waals surface area (Å²) in [5.41, 5.74) is 1.84. The summed E-state index contributed by atoms with van der Waals surface area (Å²) in [5.74, 6) is 0.681. The minimum atomic E-state index is -0.489. The Morgan fingerprint density at radius 2 is 1.89 bits per heavy atom. The molecule has 144 valence electrons. The highest BCUT2D eigenvalue weighted by molar-refractivity contribution is 9.10. The number of furan rings is 1. The minimum absolute atomic E-state index is 0.0343. The van der Waals surface area contributed by atoms with Crippen LogP contribution in [0.3, 0.4) is 0 Å². The average molecular weight is 438 g/mol. The number of nitrogens with zero attached hydrogens (tertiary/aromatic N) is 1. The Bertz CT molecular complexity index is 862. The van der Waals surface area contributed by atoms with Gasteiger partial charge in [-0.3, -0.25) is 9.59 Å². The summed E-state index contributed by atoms with van der Waals surface area (Å²) in [4.78, 5) is 26.6. The number of benzene rings is 1. The number of hydrogen-bond donors (Lipinski definition) is 0. The quantitative estimate of drug-likeness (QED) is 0.667. The van der Waals surface area contributed by atoms with E-state index >= 15 is 0 Å². The van der Waals surface area contributed by atoms with Crippen molar-refractivity contribution in [1.29, 1.82) is 0 Å². The Balaban J connectivity index is 2.03. The molecule has 27 heavy (non-hydrogen) atoms. The zero-order valence-electron chi connectivity index (χ0n) is 15.3. The van der Waals surface area contributed by atoms with E-state index in [1.165, 1.54) is 7.11 Å². The molecule has 1 aliphatic heterocycles. The Labute approximate surface area is 165 Å². The fourth-order valence-corrected chi connectivity index (χ4v) is 3.61. The van der Waals surface area contributed by atoms with Gasteiger partial charge in [-0.2, -0.15) is 0 Å². The molecule has 8 heteroatoms. The maximum atomic E-state index is 13.0. The molecule has 0 spiro atoms. The third-order valence-electron chi connectivity index (χ3n) is 4.64. The van der Waals surface area contributed by atoms with Gasteiger partial charge in [0.2, 0.25) is 0 Å². The monoisotopic (exact) mass is 437 g/mol. The molecule has 0 fully saturated rings. The second-order valence-electron chi connectivity index (χ2n) is 6.05. The number of amides is 1. The number of carbonyl (C=O) groups is 2. The second-order valence-corrected chi connectivity index (χ2v) is 6.84. The predicted octanol–water partition coefficient (Wildman–Crippen LogP) is 3.36. The number of halogens is 1. The van der Waals surface area contributed by atoms with Crippen molar-refractivity contribution in [3.8, 4) is 11.5 Å². The van der Waals surface area contributed by atoms with E-state index in [1.54, 1.807) is 31.3 Å². The SMILES string of the molecule is COC(=O)C[C@H]1c2cc(OC)c(OC)cc2CCN1C(=O)c1ccc(Br)o1. The van der Waals surface area contributed by atoms with Gasteiger partial charge in [-0.05, 0) is 57.7 Å². The summed E-state index contributed by atoms with van der Waals surface area (Å²) < 4.78 is 21.5. The van der Waals surface area contributed by atoms with Crippen molar-refractivity contribution < 1.29 is 28.2 Å². The average Bonchev–Trinajstić information content (AvgIpc) is 3.12. The summed E-state index contributed by atoms with van der Waals surface area (Å²) >= 11 is 3.21. The van der Waals surface area contributed by atoms with Gasteiger partial charge < -0.3 is 23.5 Å². The van der Waals surface area contributed by atoms with Gasteiger partial charge in [-0.15, -0.1) is 0 Å². The van der Waals surface area contributed by atoms with Crippen molar-refractivity contribution in [1.82, 2.24) is 4.90 Å². The van der Waals surface area contributed by atoms with Crippen LogP contribution >= 0.6 is 15.9 Å². The summed E-state index contributed by atoms with van der Waals surface area (Å²) in [7, 11) is 4.45. The minimum Gasteiger partial charge on any atom is -0.493 e. The van der Waals surface area contributed by atoms with E-state index in [-0.39, 0.29) is 18.1 Å². The highest BCUT2D eigenvalue weighted by atomic mass is 79.9. The van der Waals surface area contributed by atoms with Crippen LogP contribution in [-0.2, 0) is 16.0 Å². The van der Waals surface area contributed by atoms with Crippen LogP contribution in [0.5, 0.6) is 11.5 Å². The number of fused-ring (bicyclic) bond motifs is 1. The Hall–Kier alpha value is -2.48. The summed E-state index contributed by atoms with van der Waals surface area (Å²) in [6.45, 7) is 0.446. The van der Waals surface area contributed by atoms with Gasteiger partial charge in [-0.25, -0.2) is 0 Å². The largest absolute Gasteiger partial charge is 0.493 e. The molecule has 0 saturated carbocycles. The van der Waals surface area contributed by atoms with Crippen molar-refractivity contribution in [2.45, 2.75) is 18.9 Å². The van der Waals surface area contributed by atoms with Crippen LogP contribution in [0, 0.1) is 0 Å². The van der Waals surface area contributed by atoms with Gasteiger partial charge in [-0.1, -0.05) is 0 Å². The van der Waals surface area contributed by atoms with Crippen molar-refractivity contribution in [3.63, 3.8) is 0 Å². The van der Waals surface area contributed by atoms with Crippen LogP contribution in [0.2, 0.25) is 0 Å². The van der Waals surface area contributed by atoms with Crippen molar-refractivity contribution in [2.75, 3.05) is 27.9 Å². The zero-order chi connectivity index (χ0) is 19.6. The molecule has 2 aromatic rings. The van der Waals surface area contributed by atoms with Gasteiger partial charge in [0.15, 0.2) is 21.9 Å². The van der Waals surface area contributed by atoms with Crippen LogP contribution in [0.1, 0.15) is 34.1 Å². The van der Waals surface area contributed by atoms with E-state index in [0.717, 1.165) is 11.1 Å². The van der Waals surface area contributed by atoms with E-state index in [2.05, 4.69) is 15.9 Å². The van der Waals surface area contributed by atoms with Gasteiger partial charge in [0.25, 0.3) is 5.91 Å². The van der Waals surface area contributed by atoms with E-state index < -0.39 is 12.0 Å². The number of ether oxygens (including phenoxy) is 3. The number of esters is 1. The fraction of sp³-hybridized carbons (Fsp3) is 0.368. The third-order valence-corrected chi connectivity index (χ3v) is 5.06. The molecule has 0 saturated heterocycles. The molecule has 0 radical (unpaired) electrons. The number of carbonyl (C=O) groups excluding carboxylic acids is 2. The second kappa shape index (κ2) is 8.04. The van der Waals surface area contributed by atoms with Gasteiger partial charge in [0, 0.05) is 6.54 Å². The first-order valence-corrected chi connectivity index (χ1v) is 9.15. The van der Waals surface area contributed by atoms with Crippen LogP contribution in [0.25, 0.3) is 0 Å². The number of methoxy groups -OCH3 is 3. The lowest BCUT2D eigenvalue weighted by atomic mass is 9.89. The normalized spacial score (nSPS) is 15.9. The van der Waals surface area contributed by atoms with Gasteiger partial charge in [0.05, 0.1) is 33.8 Å². The molecule has 7 nitrogen and oxygen atoms in total. The first-order valence-electron chi connectivity index (χ1n) is 8.36. The van der Waals surface area contributed by atoms with Crippen LogP contribution in [0.4, 0.5) is 0 Å². The molecule has 1 amide bonds. The summed E-state index contributed by atoms with van der Waals surface area (Å²) in [5, 5.41) is 0. The maximum Gasteiger partial charge on any atom is 0.307 e. The third kappa shape index (κ3) is 3.80. The lowest BCUT2D eigenvalue weighted by molar-refractivity contribution is -0.141. The van der Waals surface area contributed by atoms with Crippen molar-refractivity contribution >= 4 is 27.8 Å². The predicted molar refractivity (Wildman–Crippen MR) is 100 cm³/mol. The molecule has 0 N–H and O–H groups in total. The summed E-state index contributed by atoms with van der Waals surface area (Å²) in [6, 6.07) is 6.49. The smallest absolute Gasteiger partial charge is 0.307 e. The highest BCUT2D eigenvalue weighted by Crippen LogP contribution is 2.40. The fourth-order valence-electron chi connectivity index (χ4n) is 3.30. The lowest BCUT2D eigenvalue weighted by Gasteiger charge is -2.36. The molecule has 2 heterocycles. The van der Waals surface area contributed by atoms with Crippen LogP contribution in [0.15, 0.2) is 33.4 Å². The maximum absolute atomic E-state index is 13.0. The molecule has 3 rings (SSSR count). The Kier molecular flexibility index (Phi) is 5.74. The molecular weight excluding hydrogens is 418 g/mol. The standard InChI is InChI=1S/C19H20BrNO6/c1-24-15-8-11-6-7-21(19(23)14-4-5-17(20)27-14)13(10-18(22)26-3)12(11)9-16(15)25-2/h4-5,8-9,13H,6-7,10H2,1-3H3/t13-/m0/s1. The first kappa shape index (κ1) is 19.3. The molecule has 0 bridgehead atoms. The van der Waals surface area contributed by atoms with Gasteiger partial charge in [0.1, 0.15) is 0 Å². The Morgan fingerprint density at radius 3 is 2.48 bits per heavy atom. The lowest BCUT2D eigenvalue weighted by Crippen LogP contribution is -2.41. The molecule has 0 unspecified atom stereocenters. The van der Waals surface area contributed by atoms with Gasteiger partial charge >= 0.3 is 5.97 Å². The zero-order valence-corrected chi connectivity index (χ0v) is 16.9. The molecule has 1 aliphatic rings. The molecule has 1 atom stereocenters. The Morgan fingerprint density at radius 1 is 1.19 bits per heavy atom. The van der Waals surface area contributed by atoms with E-state index in [4.69, 9.17) is 18.6 Å². The van der Waals surface area contributed by atoms with Crippen molar-refractivity contribution in [2.24, 2.45) is 0 Å². The molecule has 1 aromatic carbocycles. The van der Waals surface area contributed by atoms with E-state index in [9.17, 15) is 9.59 Å². The highest BCUT2D eigenvalue weighted by Gasteiger charge is 2.35. The van der Waals surface area contributed by atoms with E-state index in [0.29, 0.717) is 29.1 Å². The number of hydrogen-bond acceptors (Lipinski definition) is 6. The van der Waals surface area contributed by atoms with Crippen LogP contribution in [-0.4, -0.2) is 44.7 Å². The topological polar surface area (TPSA) is 78.2 Å². The van der Waals surface area contributed by atoms with E-state index in [1.807, 2.05) is 12.1 Å². The molecular formula is C19H20BrNO6. The molecule has 1 aromatic heterocycles. The number of rotatable bonds is 5. The van der Waals surface area contributed by atoms with Crippen LogP contribution < -0.4 is 9.47 Å². The van der Waals surface area contributed by atoms with Crippen molar-refractivity contribution in [3.05, 3.63) is 45.8 Å². The molecule has 0 aliphatic carbocycles. The summed E-state index contributed by atoms with van der Waals surface area (Å²) in [6.07, 6.45) is 0.660. The first-order chi connectivity index (χ1) is 13.0.